The lowest BCUT2D eigenvalue weighted by atomic mass is 10.0. The summed E-state index contributed by atoms with van der Waals surface area (Å²) in [5.41, 5.74) is 3.53. The van der Waals surface area contributed by atoms with Gasteiger partial charge in [-0.25, -0.2) is 9.78 Å². The van der Waals surface area contributed by atoms with Crippen molar-refractivity contribution in [3.05, 3.63) is 63.4 Å². The Labute approximate surface area is 189 Å². The SMILES string of the molecule is O=C1OCc2c(cc3n(c2=O)Cc2cc4ccccc4nc2-3)C1OP(O)OCC1CCCO1. The first-order valence-electron chi connectivity index (χ1n) is 10.8. The molecular formula is C23H21N2O7P. The molecule has 0 bridgehead atoms. The number of hydrogen-bond acceptors (Lipinski definition) is 8. The van der Waals surface area contributed by atoms with E-state index < -0.39 is 20.7 Å². The van der Waals surface area contributed by atoms with E-state index in [0.717, 1.165) is 29.3 Å². The highest BCUT2D eigenvalue weighted by molar-refractivity contribution is 7.40. The summed E-state index contributed by atoms with van der Waals surface area (Å²) in [4.78, 5) is 40.9. The minimum absolute atomic E-state index is 0.0957. The summed E-state index contributed by atoms with van der Waals surface area (Å²) < 4.78 is 23.3. The molecule has 0 spiro atoms. The molecule has 33 heavy (non-hydrogen) atoms. The zero-order valence-electron chi connectivity index (χ0n) is 17.6. The average molecular weight is 468 g/mol. The number of para-hydroxylation sites is 1. The van der Waals surface area contributed by atoms with Gasteiger partial charge < -0.3 is 23.5 Å². The van der Waals surface area contributed by atoms with Crippen molar-refractivity contribution in [2.24, 2.45) is 0 Å². The quantitative estimate of drug-likeness (QED) is 0.352. The fraction of sp³-hybridized carbons (Fsp3) is 0.348. The largest absolute Gasteiger partial charge is 0.458 e. The lowest BCUT2D eigenvalue weighted by Gasteiger charge is -2.26. The number of rotatable bonds is 5. The standard InChI is InChI=1S/C23H21N2O7P/c26-22-17-12-30-23(27)21(32-33(28)31-11-15-5-3-7-29-15)16(17)9-19-20-14(10-25(19)22)8-13-4-1-2-6-18(13)24-20/h1-2,4,6,8-9,15,21,28H,3,5,7,10-12H2. The Kier molecular flexibility index (Phi) is 5.24. The molecule has 3 unspecified atom stereocenters. The Balaban J connectivity index is 1.34. The van der Waals surface area contributed by atoms with Crippen LogP contribution in [0.5, 0.6) is 0 Å². The first-order valence-corrected chi connectivity index (χ1v) is 11.9. The van der Waals surface area contributed by atoms with E-state index in [-0.39, 0.29) is 24.9 Å². The molecule has 0 aliphatic carbocycles. The van der Waals surface area contributed by atoms with Gasteiger partial charge in [0.05, 0.1) is 41.7 Å². The summed E-state index contributed by atoms with van der Waals surface area (Å²) >= 11 is 0. The maximum atomic E-state index is 13.3. The lowest BCUT2D eigenvalue weighted by molar-refractivity contribution is -0.156. The van der Waals surface area contributed by atoms with E-state index in [0.29, 0.717) is 35.7 Å². The minimum atomic E-state index is -2.37. The third-order valence-corrected chi connectivity index (χ3v) is 7.02. The average Bonchev–Trinajstić information content (AvgIpc) is 3.46. The van der Waals surface area contributed by atoms with Gasteiger partial charge >= 0.3 is 14.6 Å². The van der Waals surface area contributed by atoms with E-state index in [1.165, 1.54) is 0 Å². The Hall–Kier alpha value is -2.68. The third-order valence-electron chi connectivity index (χ3n) is 6.25. The van der Waals surface area contributed by atoms with E-state index in [1.54, 1.807) is 10.6 Å². The molecule has 1 saturated heterocycles. The fourth-order valence-electron chi connectivity index (χ4n) is 4.60. The van der Waals surface area contributed by atoms with E-state index in [2.05, 4.69) is 0 Å². The molecule has 0 radical (unpaired) electrons. The van der Waals surface area contributed by atoms with E-state index >= 15 is 0 Å². The maximum absolute atomic E-state index is 13.3. The van der Waals surface area contributed by atoms with Crippen LogP contribution in [0.25, 0.3) is 22.3 Å². The monoisotopic (exact) mass is 468 g/mol. The number of hydrogen-bond donors (Lipinski definition) is 1. The van der Waals surface area contributed by atoms with Crippen LogP contribution < -0.4 is 5.56 Å². The minimum Gasteiger partial charge on any atom is -0.458 e. The second-order valence-electron chi connectivity index (χ2n) is 8.31. The number of nitrogens with zero attached hydrogens (tertiary/aromatic N) is 2. The van der Waals surface area contributed by atoms with Gasteiger partial charge in [0.25, 0.3) is 5.56 Å². The lowest BCUT2D eigenvalue weighted by Crippen LogP contribution is -2.33. The van der Waals surface area contributed by atoms with Crippen LogP contribution in [0.15, 0.2) is 41.2 Å². The molecule has 10 heteroatoms. The van der Waals surface area contributed by atoms with Crippen LogP contribution >= 0.6 is 8.60 Å². The van der Waals surface area contributed by atoms with Gasteiger partial charge in [-0.3, -0.25) is 9.32 Å². The Morgan fingerprint density at radius 2 is 2.12 bits per heavy atom. The van der Waals surface area contributed by atoms with E-state index in [9.17, 15) is 14.5 Å². The molecule has 1 aromatic carbocycles. The molecule has 5 heterocycles. The molecule has 9 nitrogen and oxygen atoms in total. The zero-order valence-corrected chi connectivity index (χ0v) is 18.5. The molecule has 170 valence electrons. The summed E-state index contributed by atoms with van der Waals surface area (Å²) in [5, 5.41) is 0.996. The van der Waals surface area contributed by atoms with Crippen molar-refractivity contribution in [3.8, 4) is 11.4 Å². The number of pyridine rings is 2. The Bertz CT molecular complexity index is 1320. The predicted molar refractivity (Wildman–Crippen MR) is 118 cm³/mol. The van der Waals surface area contributed by atoms with Gasteiger partial charge in [0, 0.05) is 23.1 Å². The molecule has 0 amide bonds. The number of cyclic esters (lactones) is 1. The molecule has 3 aromatic rings. The molecule has 3 atom stereocenters. The maximum Gasteiger partial charge on any atom is 0.340 e. The smallest absolute Gasteiger partial charge is 0.340 e. The normalized spacial score (nSPS) is 22.0. The number of esters is 1. The summed E-state index contributed by atoms with van der Waals surface area (Å²) in [6.07, 6.45) is 0.445. The van der Waals surface area contributed by atoms with Gasteiger partial charge in [0.2, 0.25) is 0 Å². The molecular weight excluding hydrogens is 447 g/mol. The van der Waals surface area contributed by atoms with Crippen LogP contribution in [0.4, 0.5) is 0 Å². The highest BCUT2D eigenvalue weighted by Gasteiger charge is 2.37. The number of benzene rings is 1. The van der Waals surface area contributed by atoms with Crippen molar-refractivity contribution in [1.29, 1.82) is 0 Å². The number of carbonyl (C=O) groups excluding carboxylic acids is 1. The molecule has 6 rings (SSSR count). The predicted octanol–water partition coefficient (Wildman–Crippen LogP) is 2.95. The highest BCUT2D eigenvalue weighted by Crippen LogP contribution is 2.44. The molecule has 3 aliphatic heterocycles. The fourth-order valence-corrected chi connectivity index (χ4v) is 5.34. The van der Waals surface area contributed by atoms with Gasteiger partial charge in [-0.2, -0.15) is 0 Å². The van der Waals surface area contributed by atoms with Gasteiger partial charge in [-0.15, -0.1) is 0 Å². The number of aromatic nitrogens is 2. The van der Waals surface area contributed by atoms with Crippen molar-refractivity contribution in [3.63, 3.8) is 0 Å². The van der Waals surface area contributed by atoms with Crippen LogP contribution in [0.1, 0.15) is 35.6 Å². The van der Waals surface area contributed by atoms with E-state index in [4.69, 9.17) is 23.5 Å². The van der Waals surface area contributed by atoms with Crippen LogP contribution in [-0.4, -0.2) is 39.7 Å². The molecule has 0 saturated carbocycles. The van der Waals surface area contributed by atoms with Crippen LogP contribution in [0.2, 0.25) is 0 Å². The van der Waals surface area contributed by atoms with E-state index in [1.807, 2.05) is 30.3 Å². The van der Waals surface area contributed by atoms with Crippen LogP contribution in [-0.2, 0) is 36.5 Å². The summed E-state index contributed by atoms with van der Waals surface area (Å²) in [6, 6.07) is 11.5. The van der Waals surface area contributed by atoms with Crippen molar-refractivity contribution in [2.75, 3.05) is 13.2 Å². The second kappa shape index (κ2) is 8.27. The Morgan fingerprint density at radius 1 is 1.24 bits per heavy atom. The third kappa shape index (κ3) is 3.66. The summed E-state index contributed by atoms with van der Waals surface area (Å²) in [5.74, 6) is -0.668. The van der Waals surface area contributed by atoms with Crippen molar-refractivity contribution >= 4 is 25.5 Å². The number of carbonyl (C=O) groups is 1. The van der Waals surface area contributed by atoms with Crippen molar-refractivity contribution < 1.29 is 28.2 Å². The topological polar surface area (TPSA) is 109 Å². The zero-order chi connectivity index (χ0) is 22.5. The highest BCUT2D eigenvalue weighted by atomic mass is 31.2. The molecule has 1 N–H and O–H groups in total. The first kappa shape index (κ1) is 20.9. The second-order valence-corrected chi connectivity index (χ2v) is 9.25. The summed E-state index contributed by atoms with van der Waals surface area (Å²) in [7, 11) is -2.37. The van der Waals surface area contributed by atoms with Crippen LogP contribution in [0, 0.1) is 0 Å². The molecule has 1 fully saturated rings. The van der Waals surface area contributed by atoms with Gasteiger partial charge in [-0.05, 0) is 31.0 Å². The first-order chi connectivity index (χ1) is 16.1. The van der Waals surface area contributed by atoms with Crippen molar-refractivity contribution in [2.45, 2.75) is 38.2 Å². The Morgan fingerprint density at radius 3 is 2.97 bits per heavy atom. The molecule has 2 aromatic heterocycles. The van der Waals surface area contributed by atoms with Crippen molar-refractivity contribution in [1.82, 2.24) is 9.55 Å². The van der Waals surface area contributed by atoms with Crippen LogP contribution in [0.3, 0.4) is 0 Å². The number of ether oxygens (including phenoxy) is 2. The molecule has 3 aliphatic rings. The van der Waals surface area contributed by atoms with Gasteiger partial charge in [0.1, 0.15) is 6.61 Å². The van der Waals surface area contributed by atoms with Gasteiger partial charge in [-0.1, -0.05) is 18.2 Å². The van der Waals surface area contributed by atoms with Gasteiger partial charge in [0.15, 0.2) is 6.10 Å². The number of fused-ring (bicyclic) bond motifs is 5. The summed E-state index contributed by atoms with van der Waals surface area (Å²) in [6.45, 7) is 1.10.